The van der Waals surface area contributed by atoms with Gasteiger partial charge in [-0.15, -0.1) is 0 Å². The van der Waals surface area contributed by atoms with Crippen LogP contribution in [0.1, 0.15) is 27.3 Å². The van der Waals surface area contributed by atoms with Gasteiger partial charge in [0.15, 0.2) is 0 Å². The number of nitrogens with one attached hydrogen (secondary N) is 1. The van der Waals surface area contributed by atoms with Crippen molar-refractivity contribution in [1.29, 1.82) is 0 Å². The van der Waals surface area contributed by atoms with Gasteiger partial charge in [0.25, 0.3) is 11.5 Å². The second-order valence-corrected chi connectivity index (χ2v) is 7.25. The van der Waals surface area contributed by atoms with Crippen molar-refractivity contribution in [2.75, 3.05) is 6.54 Å². The van der Waals surface area contributed by atoms with E-state index in [0.29, 0.717) is 29.7 Å². The van der Waals surface area contributed by atoms with Crippen LogP contribution in [-0.2, 0) is 13.0 Å². The first-order valence-corrected chi connectivity index (χ1v) is 9.51. The molecule has 2 aromatic heterocycles. The van der Waals surface area contributed by atoms with E-state index in [1.54, 1.807) is 41.4 Å². The zero-order valence-electron chi connectivity index (χ0n) is 15.9. The lowest BCUT2D eigenvalue weighted by molar-refractivity contribution is 0.0734. The lowest BCUT2D eigenvalue weighted by Gasteiger charge is -2.26. The summed E-state index contributed by atoms with van der Waals surface area (Å²) >= 11 is 0. The fraction of sp³-hybridized carbons (Fsp3) is 0.182. The third-order valence-electron chi connectivity index (χ3n) is 5.41. The van der Waals surface area contributed by atoms with E-state index in [4.69, 9.17) is 0 Å². The first kappa shape index (κ1) is 17.4. The Morgan fingerprint density at radius 3 is 2.79 bits per heavy atom. The molecule has 7 heteroatoms. The molecule has 1 aliphatic rings. The Balaban J connectivity index is 1.52. The van der Waals surface area contributed by atoms with Crippen molar-refractivity contribution < 1.29 is 4.79 Å². The largest absolute Gasteiger partial charge is 0.334 e. The Morgan fingerprint density at radius 2 is 1.93 bits per heavy atom. The van der Waals surface area contributed by atoms with Gasteiger partial charge < -0.3 is 4.90 Å². The zero-order chi connectivity index (χ0) is 20.0. The maximum Gasteiger partial charge on any atom is 0.279 e. The Morgan fingerprint density at radius 1 is 1.10 bits per heavy atom. The third-order valence-corrected chi connectivity index (χ3v) is 5.41. The molecule has 0 saturated carbocycles. The fourth-order valence-electron chi connectivity index (χ4n) is 3.87. The molecule has 2 aromatic carbocycles. The highest BCUT2D eigenvalue weighted by Crippen LogP contribution is 2.20. The number of H-pyrrole nitrogens is 1. The number of rotatable bonds is 2. The molecular formula is C22H19N5O2. The number of fused-ring (bicyclic) bond motifs is 2. The number of aromatic nitrogens is 4. The SMILES string of the molecule is Cc1nn(-c2cccc(C(=O)N3CCc4[nH]ncc4C3)c2)c(=O)c2ccccc12. The van der Waals surface area contributed by atoms with Gasteiger partial charge >= 0.3 is 0 Å². The van der Waals surface area contributed by atoms with Gasteiger partial charge in [0.05, 0.1) is 23.0 Å². The molecule has 0 atom stereocenters. The van der Waals surface area contributed by atoms with Crippen LogP contribution < -0.4 is 5.56 Å². The van der Waals surface area contributed by atoms with Crippen LogP contribution in [0, 0.1) is 6.92 Å². The van der Waals surface area contributed by atoms with Crippen LogP contribution in [0.15, 0.2) is 59.5 Å². The molecule has 0 saturated heterocycles. The number of aromatic amines is 1. The summed E-state index contributed by atoms with van der Waals surface area (Å²) in [5.41, 5.74) is 3.82. The van der Waals surface area contributed by atoms with Crippen LogP contribution in [0.25, 0.3) is 16.5 Å². The maximum atomic E-state index is 13.1. The summed E-state index contributed by atoms with van der Waals surface area (Å²) in [4.78, 5) is 27.8. The lowest BCUT2D eigenvalue weighted by atomic mass is 10.1. The van der Waals surface area contributed by atoms with Gasteiger partial charge in [-0.25, -0.2) is 0 Å². The summed E-state index contributed by atoms with van der Waals surface area (Å²) in [7, 11) is 0. The first-order chi connectivity index (χ1) is 14.1. The average molecular weight is 385 g/mol. The number of aryl methyl sites for hydroxylation is 1. The molecule has 1 aliphatic heterocycles. The second kappa shape index (κ2) is 6.70. The summed E-state index contributed by atoms with van der Waals surface area (Å²) in [6.45, 7) is 3.04. The highest BCUT2D eigenvalue weighted by Gasteiger charge is 2.23. The van der Waals surface area contributed by atoms with Crippen LogP contribution in [0.3, 0.4) is 0 Å². The summed E-state index contributed by atoms with van der Waals surface area (Å²) < 4.78 is 1.37. The molecule has 144 valence electrons. The predicted molar refractivity (Wildman–Crippen MR) is 109 cm³/mol. The van der Waals surface area contributed by atoms with Crippen LogP contribution in [-0.4, -0.2) is 37.3 Å². The minimum atomic E-state index is -0.197. The van der Waals surface area contributed by atoms with E-state index in [-0.39, 0.29) is 11.5 Å². The molecule has 0 radical (unpaired) electrons. The van der Waals surface area contributed by atoms with E-state index < -0.39 is 0 Å². The van der Waals surface area contributed by atoms with Crippen LogP contribution in [0.4, 0.5) is 0 Å². The van der Waals surface area contributed by atoms with E-state index in [0.717, 1.165) is 28.8 Å². The van der Waals surface area contributed by atoms with E-state index in [2.05, 4.69) is 15.3 Å². The Kier molecular flexibility index (Phi) is 4.01. The zero-order valence-corrected chi connectivity index (χ0v) is 15.9. The van der Waals surface area contributed by atoms with Crippen LogP contribution in [0.2, 0.25) is 0 Å². The van der Waals surface area contributed by atoms with Gasteiger partial charge in [-0.3, -0.25) is 14.7 Å². The molecule has 1 N–H and O–H groups in total. The molecule has 3 heterocycles. The molecule has 4 aromatic rings. The van der Waals surface area contributed by atoms with Crippen LogP contribution >= 0.6 is 0 Å². The van der Waals surface area contributed by atoms with E-state index in [1.807, 2.05) is 25.1 Å². The summed E-state index contributed by atoms with van der Waals surface area (Å²) in [6.07, 6.45) is 2.53. The molecule has 1 amide bonds. The Bertz CT molecular complexity index is 1300. The fourth-order valence-corrected chi connectivity index (χ4v) is 3.87. The van der Waals surface area contributed by atoms with E-state index in [1.165, 1.54) is 4.68 Å². The number of benzene rings is 2. The molecule has 0 spiro atoms. The standard InChI is InChI=1S/C22H19N5O2/c1-14-18-7-2-3-8-19(18)22(29)27(25-14)17-6-4-5-15(11-17)21(28)26-10-9-20-16(13-26)12-23-24-20/h2-8,11-12H,9-10,13H2,1H3,(H,23,24). The molecular weight excluding hydrogens is 366 g/mol. The number of hydrogen-bond acceptors (Lipinski definition) is 4. The van der Waals surface area contributed by atoms with Gasteiger partial charge in [0, 0.05) is 41.7 Å². The van der Waals surface area contributed by atoms with Crippen molar-refractivity contribution in [3.05, 3.63) is 87.6 Å². The molecule has 0 unspecified atom stereocenters. The van der Waals surface area contributed by atoms with Crippen LogP contribution in [0.5, 0.6) is 0 Å². The first-order valence-electron chi connectivity index (χ1n) is 9.51. The van der Waals surface area contributed by atoms with Gasteiger partial charge in [0.2, 0.25) is 0 Å². The van der Waals surface area contributed by atoms with E-state index >= 15 is 0 Å². The third kappa shape index (κ3) is 2.91. The van der Waals surface area contributed by atoms with Crippen molar-refractivity contribution in [2.24, 2.45) is 0 Å². The highest BCUT2D eigenvalue weighted by atomic mass is 16.2. The van der Waals surface area contributed by atoms with Crippen molar-refractivity contribution >= 4 is 16.7 Å². The smallest absolute Gasteiger partial charge is 0.279 e. The molecule has 0 fully saturated rings. The predicted octanol–water partition coefficient (Wildman–Crippen LogP) is 2.62. The highest BCUT2D eigenvalue weighted by molar-refractivity contribution is 5.95. The van der Waals surface area contributed by atoms with Gasteiger partial charge in [-0.2, -0.15) is 14.9 Å². The molecule has 7 nitrogen and oxygen atoms in total. The van der Waals surface area contributed by atoms with Crippen molar-refractivity contribution in [2.45, 2.75) is 19.9 Å². The van der Waals surface area contributed by atoms with Gasteiger partial charge in [-0.05, 0) is 31.2 Å². The van der Waals surface area contributed by atoms with E-state index in [9.17, 15) is 9.59 Å². The number of hydrogen-bond donors (Lipinski definition) is 1. The topological polar surface area (TPSA) is 83.9 Å². The van der Waals surface area contributed by atoms with Crippen molar-refractivity contribution in [1.82, 2.24) is 24.9 Å². The Hall–Kier alpha value is -3.74. The minimum Gasteiger partial charge on any atom is -0.334 e. The van der Waals surface area contributed by atoms with Crippen molar-refractivity contribution in [3.8, 4) is 5.69 Å². The summed E-state index contributed by atoms with van der Waals surface area (Å²) in [5, 5.41) is 13.0. The maximum absolute atomic E-state index is 13.1. The Labute approximate surface area is 166 Å². The molecule has 29 heavy (non-hydrogen) atoms. The summed E-state index contributed by atoms with van der Waals surface area (Å²) in [5.74, 6) is -0.0655. The monoisotopic (exact) mass is 385 g/mol. The molecule has 0 bridgehead atoms. The van der Waals surface area contributed by atoms with Gasteiger partial charge in [0.1, 0.15) is 0 Å². The second-order valence-electron chi connectivity index (χ2n) is 7.25. The normalized spacial score (nSPS) is 13.5. The molecule has 0 aliphatic carbocycles. The molecule has 5 rings (SSSR count). The van der Waals surface area contributed by atoms with Crippen molar-refractivity contribution in [3.63, 3.8) is 0 Å². The quantitative estimate of drug-likeness (QED) is 0.575. The number of carbonyl (C=O) groups excluding carboxylic acids is 1. The average Bonchev–Trinajstić information content (AvgIpc) is 3.24. The number of amides is 1. The lowest BCUT2D eigenvalue weighted by Crippen LogP contribution is -2.35. The minimum absolute atomic E-state index is 0.0655. The summed E-state index contributed by atoms with van der Waals surface area (Å²) in [6, 6.07) is 14.5. The number of carbonyl (C=O) groups is 1. The number of nitrogens with zero attached hydrogens (tertiary/aromatic N) is 4. The van der Waals surface area contributed by atoms with Gasteiger partial charge in [-0.1, -0.05) is 24.3 Å².